The number of amides is 1. The van der Waals surface area contributed by atoms with E-state index < -0.39 is 5.97 Å². The van der Waals surface area contributed by atoms with E-state index in [1.54, 1.807) is 0 Å². The second-order valence-corrected chi connectivity index (χ2v) is 5.58. The van der Waals surface area contributed by atoms with Gasteiger partial charge in [-0.2, -0.15) is 0 Å². The van der Waals surface area contributed by atoms with Crippen molar-refractivity contribution in [1.82, 2.24) is 9.80 Å². The fraction of sp³-hybridized carbons (Fsp3) is 0.846. The molecule has 1 aliphatic heterocycles. The molecule has 0 aromatic carbocycles. The molecule has 0 spiro atoms. The summed E-state index contributed by atoms with van der Waals surface area (Å²) >= 11 is 0. The summed E-state index contributed by atoms with van der Waals surface area (Å²) in [7, 11) is 1.87. The zero-order chi connectivity index (χ0) is 13.1. The molecule has 1 saturated carbocycles. The Morgan fingerprint density at radius 3 is 2.67 bits per heavy atom. The monoisotopic (exact) mass is 254 g/mol. The SMILES string of the molecule is CN(C(=O)CN1CCCC(CC(=O)O)C1)C1CC1. The van der Waals surface area contributed by atoms with E-state index in [0.29, 0.717) is 12.6 Å². The van der Waals surface area contributed by atoms with Gasteiger partial charge in [-0.3, -0.25) is 14.5 Å². The molecule has 1 aliphatic carbocycles. The van der Waals surface area contributed by atoms with E-state index in [-0.39, 0.29) is 18.2 Å². The first-order chi connectivity index (χ1) is 8.56. The molecule has 1 heterocycles. The number of nitrogens with zero attached hydrogens (tertiary/aromatic N) is 2. The predicted molar refractivity (Wildman–Crippen MR) is 67.2 cm³/mol. The van der Waals surface area contributed by atoms with Crippen LogP contribution in [0.3, 0.4) is 0 Å². The molecule has 1 atom stereocenters. The zero-order valence-electron chi connectivity index (χ0n) is 11.0. The van der Waals surface area contributed by atoms with Gasteiger partial charge in [-0.1, -0.05) is 0 Å². The Morgan fingerprint density at radius 1 is 1.33 bits per heavy atom. The lowest BCUT2D eigenvalue weighted by Gasteiger charge is -2.32. The molecule has 0 aromatic heterocycles. The maximum absolute atomic E-state index is 12.0. The van der Waals surface area contributed by atoms with Crippen molar-refractivity contribution in [3.8, 4) is 0 Å². The summed E-state index contributed by atoms with van der Waals surface area (Å²) in [6.07, 6.45) is 4.45. The van der Waals surface area contributed by atoms with Gasteiger partial charge in [0.2, 0.25) is 5.91 Å². The third kappa shape index (κ3) is 3.70. The normalized spacial score (nSPS) is 24.8. The molecular formula is C13H22N2O3. The van der Waals surface area contributed by atoms with Crippen molar-refractivity contribution in [2.24, 2.45) is 5.92 Å². The number of hydrogen-bond donors (Lipinski definition) is 1. The van der Waals surface area contributed by atoms with E-state index >= 15 is 0 Å². The van der Waals surface area contributed by atoms with Crippen LogP contribution in [0.25, 0.3) is 0 Å². The number of likely N-dealkylation sites (N-methyl/N-ethyl adjacent to an activating group) is 1. The molecule has 18 heavy (non-hydrogen) atoms. The molecule has 2 rings (SSSR count). The molecule has 2 fully saturated rings. The maximum atomic E-state index is 12.0. The van der Waals surface area contributed by atoms with Crippen LogP contribution < -0.4 is 0 Å². The minimum absolute atomic E-state index is 0.175. The van der Waals surface area contributed by atoms with E-state index in [2.05, 4.69) is 4.90 Å². The van der Waals surface area contributed by atoms with Crippen LogP contribution in [0, 0.1) is 5.92 Å². The van der Waals surface area contributed by atoms with Crippen molar-refractivity contribution >= 4 is 11.9 Å². The number of carbonyl (C=O) groups excluding carboxylic acids is 1. The largest absolute Gasteiger partial charge is 0.481 e. The van der Waals surface area contributed by atoms with Gasteiger partial charge in [0.05, 0.1) is 6.54 Å². The lowest BCUT2D eigenvalue weighted by atomic mass is 9.95. The molecule has 0 aromatic rings. The van der Waals surface area contributed by atoms with Crippen LogP contribution >= 0.6 is 0 Å². The van der Waals surface area contributed by atoms with E-state index in [0.717, 1.165) is 38.8 Å². The predicted octanol–water partition coefficient (Wildman–Crippen LogP) is 0.794. The number of carboxylic acids is 1. The van der Waals surface area contributed by atoms with Gasteiger partial charge in [-0.25, -0.2) is 0 Å². The third-order valence-electron chi connectivity index (χ3n) is 3.91. The van der Waals surface area contributed by atoms with Gasteiger partial charge in [-0.15, -0.1) is 0 Å². The summed E-state index contributed by atoms with van der Waals surface area (Å²) in [6, 6.07) is 0.456. The molecule has 5 heteroatoms. The Bertz CT molecular complexity index is 328. The van der Waals surface area contributed by atoms with Crippen LogP contribution in [0.4, 0.5) is 0 Å². The van der Waals surface area contributed by atoms with Crippen LogP contribution in [0.1, 0.15) is 32.1 Å². The van der Waals surface area contributed by atoms with Crippen LogP contribution in [0.2, 0.25) is 0 Å². The molecule has 102 valence electrons. The average Bonchev–Trinajstić information content (AvgIpc) is 3.11. The molecule has 1 N–H and O–H groups in total. The highest BCUT2D eigenvalue weighted by Gasteiger charge is 2.31. The Hall–Kier alpha value is -1.10. The van der Waals surface area contributed by atoms with E-state index in [9.17, 15) is 9.59 Å². The third-order valence-corrected chi connectivity index (χ3v) is 3.91. The molecule has 5 nitrogen and oxygen atoms in total. The topological polar surface area (TPSA) is 60.9 Å². The first kappa shape index (κ1) is 13.3. The number of carboxylic acid groups (broad SMARTS) is 1. The zero-order valence-corrected chi connectivity index (χ0v) is 11.0. The summed E-state index contributed by atoms with van der Waals surface area (Å²) in [5.41, 5.74) is 0. The quantitative estimate of drug-likeness (QED) is 0.788. The molecule has 1 saturated heterocycles. The van der Waals surface area contributed by atoms with Crippen LogP contribution in [0.5, 0.6) is 0 Å². The van der Waals surface area contributed by atoms with Crippen molar-refractivity contribution in [3.63, 3.8) is 0 Å². The molecule has 2 aliphatic rings. The fourth-order valence-corrected chi connectivity index (χ4v) is 2.68. The van der Waals surface area contributed by atoms with Crippen LogP contribution in [-0.4, -0.2) is 59.5 Å². The lowest BCUT2D eigenvalue weighted by Crippen LogP contribution is -2.44. The number of carbonyl (C=O) groups is 2. The van der Waals surface area contributed by atoms with Gasteiger partial charge < -0.3 is 10.0 Å². The lowest BCUT2D eigenvalue weighted by molar-refractivity contribution is -0.138. The highest BCUT2D eigenvalue weighted by molar-refractivity contribution is 5.78. The summed E-state index contributed by atoms with van der Waals surface area (Å²) in [5, 5.41) is 8.81. The number of piperidine rings is 1. The Balaban J connectivity index is 1.77. The van der Waals surface area contributed by atoms with Crippen molar-refractivity contribution < 1.29 is 14.7 Å². The number of hydrogen-bond acceptors (Lipinski definition) is 3. The van der Waals surface area contributed by atoms with Gasteiger partial charge in [0.25, 0.3) is 0 Å². The Morgan fingerprint density at radius 2 is 2.06 bits per heavy atom. The minimum Gasteiger partial charge on any atom is -0.481 e. The number of rotatable bonds is 5. The summed E-state index contributed by atoms with van der Waals surface area (Å²) in [6.45, 7) is 2.11. The van der Waals surface area contributed by atoms with E-state index in [1.165, 1.54) is 0 Å². The number of likely N-dealkylation sites (tertiary alicyclic amines) is 1. The van der Waals surface area contributed by atoms with Gasteiger partial charge in [0, 0.05) is 26.1 Å². The minimum atomic E-state index is -0.733. The summed E-state index contributed by atoms with van der Waals surface area (Å²) < 4.78 is 0. The summed E-state index contributed by atoms with van der Waals surface area (Å²) in [4.78, 5) is 26.7. The molecule has 0 radical (unpaired) electrons. The Labute approximate surface area is 108 Å². The van der Waals surface area contributed by atoms with Crippen LogP contribution in [0.15, 0.2) is 0 Å². The van der Waals surface area contributed by atoms with Crippen LogP contribution in [-0.2, 0) is 9.59 Å². The van der Waals surface area contributed by atoms with Gasteiger partial charge in [-0.05, 0) is 38.1 Å². The molecule has 1 unspecified atom stereocenters. The highest BCUT2D eigenvalue weighted by Crippen LogP contribution is 2.26. The maximum Gasteiger partial charge on any atom is 0.303 e. The highest BCUT2D eigenvalue weighted by atomic mass is 16.4. The van der Waals surface area contributed by atoms with Gasteiger partial charge in [0.15, 0.2) is 0 Å². The smallest absolute Gasteiger partial charge is 0.303 e. The van der Waals surface area contributed by atoms with Gasteiger partial charge >= 0.3 is 5.97 Å². The van der Waals surface area contributed by atoms with Crippen molar-refractivity contribution in [2.45, 2.75) is 38.1 Å². The van der Waals surface area contributed by atoms with Gasteiger partial charge in [0.1, 0.15) is 0 Å². The van der Waals surface area contributed by atoms with Crippen molar-refractivity contribution in [3.05, 3.63) is 0 Å². The second-order valence-electron chi connectivity index (χ2n) is 5.58. The molecule has 0 bridgehead atoms. The summed E-state index contributed by atoms with van der Waals surface area (Å²) in [5.74, 6) is -0.355. The van der Waals surface area contributed by atoms with E-state index in [4.69, 9.17) is 5.11 Å². The Kier molecular flexibility index (Phi) is 4.22. The molecule has 1 amide bonds. The first-order valence-electron chi connectivity index (χ1n) is 6.76. The number of aliphatic carboxylic acids is 1. The first-order valence-corrected chi connectivity index (χ1v) is 6.76. The second kappa shape index (κ2) is 5.69. The fourth-order valence-electron chi connectivity index (χ4n) is 2.68. The van der Waals surface area contributed by atoms with Crippen molar-refractivity contribution in [1.29, 1.82) is 0 Å². The molecular weight excluding hydrogens is 232 g/mol. The van der Waals surface area contributed by atoms with E-state index in [1.807, 2.05) is 11.9 Å². The van der Waals surface area contributed by atoms with Crippen molar-refractivity contribution in [2.75, 3.05) is 26.7 Å². The standard InChI is InChI=1S/C13H22N2O3/c1-14(11-4-5-11)12(16)9-15-6-2-3-10(8-15)7-13(17)18/h10-11H,2-9H2,1H3,(H,17,18). The average molecular weight is 254 g/mol.